The van der Waals surface area contributed by atoms with Crippen molar-refractivity contribution in [1.29, 1.82) is 0 Å². The minimum absolute atomic E-state index is 0.199. The van der Waals surface area contributed by atoms with Crippen LogP contribution in [0.5, 0.6) is 0 Å². The Morgan fingerprint density at radius 3 is 2.29 bits per heavy atom. The molecule has 114 valence electrons. The molecule has 0 aliphatic carbocycles. The third-order valence-corrected chi connectivity index (χ3v) is 3.91. The lowest BCUT2D eigenvalue weighted by molar-refractivity contribution is 0.442. The molecule has 1 atom stereocenters. The van der Waals surface area contributed by atoms with Gasteiger partial charge in [-0.1, -0.05) is 52.0 Å². The van der Waals surface area contributed by atoms with Gasteiger partial charge in [0.1, 0.15) is 0 Å². The summed E-state index contributed by atoms with van der Waals surface area (Å²) in [5, 5.41) is 7.96. The highest BCUT2D eigenvalue weighted by atomic mass is 15.3. The van der Waals surface area contributed by atoms with Crippen LogP contribution in [0.4, 0.5) is 0 Å². The van der Waals surface area contributed by atoms with Crippen LogP contribution in [0.15, 0.2) is 36.5 Å². The van der Waals surface area contributed by atoms with E-state index in [4.69, 9.17) is 0 Å². The molecule has 0 saturated heterocycles. The van der Waals surface area contributed by atoms with Crippen LogP contribution < -0.4 is 5.32 Å². The van der Waals surface area contributed by atoms with Crippen molar-refractivity contribution in [1.82, 2.24) is 15.1 Å². The van der Waals surface area contributed by atoms with E-state index in [1.165, 1.54) is 16.8 Å². The fourth-order valence-corrected chi connectivity index (χ4v) is 2.51. The van der Waals surface area contributed by atoms with E-state index in [2.05, 4.69) is 74.0 Å². The third-order valence-electron chi connectivity index (χ3n) is 3.91. The SMILES string of the molecule is CCNC(Cn1nccc1C)c1ccc(C(C)(C)C)cc1. The molecule has 0 aliphatic rings. The Bertz CT molecular complexity index is 561. The van der Waals surface area contributed by atoms with Crippen LogP contribution in [0.25, 0.3) is 0 Å². The van der Waals surface area contributed by atoms with Crippen molar-refractivity contribution < 1.29 is 0 Å². The molecule has 1 aromatic carbocycles. The summed E-state index contributed by atoms with van der Waals surface area (Å²) in [7, 11) is 0. The lowest BCUT2D eigenvalue weighted by atomic mass is 9.86. The van der Waals surface area contributed by atoms with Crippen molar-refractivity contribution in [2.45, 2.75) is 52.6 Å². The van der Waals surface area contributed by atoms with Crippen LogP contribution in [-0.4, -0.2) is 16.3 Å². The molecule has 0 bridgehead atoms. The van der Waals surface area contributed by atoms with Crippen molar-refractivity contribution >= 4 is 0 Å². The summed E-state index contributed by atoms with van der Waals surface area (Å²) >= 11 is 0. The highest BCUT2D eigenvalue weighted by molar-refractivity contribution is 5.29. The minimum atomic E-state index is 0.199. The van der Waals surface area contributed by atoms with Crippen molar-refractivity contribution in [3.63, 3.8) is 0 Å². The number of aryl methyl sites for hydroxylation is 1. The first-order valence-electron chi connectivity index (χ1n) is 7.74. The molecule has 1 heterocycles. The van der Waals surface area contributed by atoms with E-state index in [0.29, 0.717) is 6.04 Å². The average Bonchev–Trinajstić information content (AvgIpc) is 2.83. The number of benzene rings is 1. The Morgan fingerprint density at radius 2 is 1.81 bits per heavy atom. The summed E-state index contributed by atoms with van der Waals surface area (Å²) in [4.78, 5) is 0. The first kappa shape index (κ1) is 15.8. The second-order valence-electron chi connectivity index (χ2n) is 6.64. The number of aromatic nitrogens is 2. The summed E-state index contributed by atoms with van der Waals surface area (Å²) in [5.41, 5.74) is 4.09. The van der Waals surface area contributed by atoms with Crippen LogP contribution in [0.3, 0.4) is 0 Å². The zero-order valence-corrected chi connectivity index (χ0v) is 13.9. The van der Waals surface area contributed by atoms with Gasteiger partial charge in [0.05, 0.1) is 12.6 Å². The Hall–Kier alpha value is -1.61. The molecule has 0 saturated carbocycles. The first-order chi connectivity index (χ1) is 9.91. The number of nitrogens with zero attached hydrogens (tertiary/aromatic N) is 2. The van der Waals surface area contributed by atoms with Crippen molar-refractivity contribution in [2.75, 3.05) is 6.54 Å². The predicted octanol–water partition coefficient (Wildman–Crippen LogP) is 3.84. The molecule has 1 unspecified atom stereocenters. The van der Waals surface area contributed by atoms with E-state index >= 15 is 0 Å². The normalized spacial score (nSPS) is 13.4. The smallest absolute Gasteiger partial charge is 0.0607 e. The summed E-state index contributed by atoms with van der Waals surface area (Å²) in [6.45, 7) is 12.8. The van der Waals surface area contributed by atoms with Gasteiger partial charge in [-0.2, -0.15) is 5.10 Å². The number of hydrogen-bond donors (Lipinski definition) is 1. The van der Waals surface area contributed by atoms with Gasteiger partial charge in [-0.3, -0.25) is 4.68 Å². The molecule has 2 aromatic rings. The molecule has 0 spiro atoms. The summed E-state index contributed by atoms with van der Waals surface area (Å²) in [5.74, 6) is 0. The Kier molecular flexibility index (Phi) is 4.84. The maximum Gasteiger partial charge on any atom is 0.0607 e. The van der Waals surface area contributed by atoms with Crippen LogP contribution in [-0.2, 0) is 12.0 Å². The molecule has 3 heteroatoms. The van der Waals surface area contributed by atoms with E-state index in [1.807, 2.05) is 12.3 Å². The number of hydrogen-bond acceptors (Lipinski definition) is 2. The van der Waals surface area contributed by atoms with Gasteiger partial charge in [0.25, 0.3) is 0 Å². The Labute approximate surface area is 128 Å². The van der Waals surface area contributed by atoms with Crippen molar-refractivity contribution in [2.24, 2.45) is 0 Å². The summed E-state index contributed by atoms with van der Waals surface area (Å²) in [6.07, 6.45) is 1.86. The highest BCUT2D eigenvalue weighted by Crippen LogP contribution is 2.24. The van der Waals surface area contributed by atoms with E-state index < -0.39 is 0 Å². The largest absolute Gasteiger partial charge is 0.309 e. The minimum Gasteiger partial charge on any atom is -0.309 e. The maximum absolute atomic E-state index is 4.40. The van der Waals surface area contributed by atoms with Gasteiger partial charge in [0, 0.05) is 11.9 Å². The molecule has 0 amide bonds. The average molecular weight is 285 g/mol. The molecule has 0 radical (unpaired) electrons. The third kappa shape index (κ3) is 3.94. The predicted molar refractivity (Wildman–Crippen MR) is 88.5 cm³/mol. The van der Waals surface area contributed by atoms with Gasteiger partial charge in [0.2, 0.25) is 0 Å². The van der Waals surface area contributed by atoms with Gasteiger partial charge < -0.3 is 5.32 Å². The van der Waals surface area contributed by atoms with Gasteiger partial charge in [-0.05, 0) is 36.1 Å². The Morgan fingerprint density at radius 1 is 1.14 bits per heavy atom. The van der Waals surface area contributed by atoms with Gasteiger partial charge in [-0.15, -0.1) is 0 Å². The zero-order valence-electron chi connectivity index (χ0n) is 13.9. The van der Waals surface area contributed by atoms with E-state index in [-0.39, 0.29) is 5.41 Å². The Balaban J connectivity index is 2.20. The standard InChI is InChI=1S/C18H27N3/c1-6-19-17(13-21-14(2)11-12-20-21)15-7-9-16(10-8-15)18(3,4)5/h7-12,17,19H,6,13H2,1-5H3. The zero-order chi connectivity index (χ0) is 15.5. The lowest BCUT2D eigenvalue weighted by Crippen LogP contribution is -2.26. The van der Waals surface area contributed by atoms with Gasteiger partial charge >= 0.3 is 0 Å². The monoisotopic (exact) mass is 285 g/mol. The fraction of sp³-hybridized carbons (Fsp3) is 0.500. The number of rotatable bonds is 5. The molecule has 3 nitrogen and oxygen atoms in total. The quantitative estimate of drug-likeness (QED) is 0.904. The topological polar surface area (TPSA) is 29.9 Å². The molecule has 21 heavy (non-hydrogen) atoms. The molecule has 1 aromatic heterocycles. The number of nitrogens with one attached hydrogen (secondary N) is 1. The highest BCUT2D eigenvalue weighted by Gasteiger charge is 2.16. The maximum atomic E-state index is 4.40. The molecule has 2 rings (SSSR count). The summed E-state index contributed by atoms with van der Waals surface area (Å²) < 4.78 is 2.06. The molecule has 1 N–H and O–H groups in total. The molecular formula is C18H27N3. The van der Waals surface area contributed by atoms with Crippen molar-refractivity contribution in [3.05, 3.63) is 53.3 Å². The number of likely N-dealkylation sites (N-methyl/N-ethyl adjacent to an activating group) is 1. The lowest BCUT2D eigenvalue weighted by Gasteiger charge is -2.22. The van der Waals surface area contributed by atoms with E-state index in [9.17, 15) is 0 Å². The van der Waals surface area contributed by atoms with Crippen LogP contribution in [0, 0.1) is 6.92 Å². The first-order valence-corrected chi connectivity index (χ1v) is 7.74. The van der Waals surface area contributed by atoms with E-state index in [1.54, 1.807) is 0 Å². The van der Waals surface area contributed by atoms with Crippen molar-refractivity contribution in [3.8, 4) is 0 Å². The molecular weight excluding hydrogens is 258 g/mol. The van der Waals surface area contributed by atoms with Crippen LogP contribution >= 0.6 is 0 Å². The van der Waals surface area contributed by atoms with E-state index in [0.717, 1.165) is 13.1 Å². The van der Waals surface area contributed by atoms with Crippen LogP contribution in [0.2, 0.25) is 0 Å². The second-order valence-corrected chi connectivity index (χ2v) is 6.64. The fourth-order valence-electron chi connectivity index (χ4n) is 2.51. The molecule has 0 fully saturated rings. The second kappa shape index (κ2) is 6.44. The summed E-state index contributed by atoms with van der Waals surface area (Å²) in [6, 6.07) is 11.3. The van der Waals surface area contributed by atoms with Gasteiger partial charge in [-0.25, -0.2) is 0 Å². The molecule has 0 aliphatic heterocycles. The van der Waals surface area contributed by atoms with Gasteiger partial charge in [0.15, 0.2) is 0 Å². The van der Waals surface area contributed by atoms with Crippen LogP contribution in [0.1, 0.15) is 50.6 Å².